The average molecular weight is 319 g/mol. The monoisotopic (exact) mass is 318 g/mol. The largest absolute Gasteiger partial charge is 0.485 e. The quantitative estimate of drug-likeness (QED) is 0.795. The fraction of sp³-hybridized carbons (Fsp3) is 0.235. The minimum atomic E-state index is -1.02. The van der Waals surface area contributed by atoms with Crippen LogP contribution in [-0.2, 0) is 11.3 Å². The fourth-order valence-electron chi connectivity index (χ4n) is 2.21. The molecule has 0 radical (unpaired) electrons. The number of ether oxygens (including phenoxy) is 3. The predicted octanol–water partition coefficient (Wildman–Crippen LogP) is 4.20. The van der Waals surface area contributed by atoms with E-state index in [2.05, 4.69) is 0 Å². The lowest BCUT2D eigenvalue weighted by Gasteiger charge is -2.32. The number of rotatable bonds is 3. The number of fused-ring (bicyclic) bond motifs is 1. The molecule has 1 heterocycles. The first kappa shape index (κ1) is 14.7. The third-order valence-electron chi connectivity index (χ3n) is 3.23. The number of esters is 1. The number of carbonyl (C=O) groups excluding carboxylic acids is 1. The molecule has 0 amide bonds. The van der Waals surface area contributed by atoms with Crippen LogP contribution >= 0.6 is 11.6 Å². The molecule has 2 aromatic carbocycles. The van der Waals surface area contributed by atoms with E-state index >= 15 is 0 Å². The van der Waals surface area contributed by atoms with E-state index in [-0.39, 0.29) is 6.61 Å². The highest BCUT2D eigenvalue weighted by Crippen LogP contribution is 2.39. The Morgan fingerprint density at radius 2 is 1.86 bits per heavy atom. The summed E-state index contributed by atoms with van der Waals surface area (Å²) >= 11 is 6.12. The van der Waals surface area contributed by atoms with Gasteiger partial charge in [0.25, 0.3) is 0 Å². The zero-order valence-corrected chi connectivity index (χ0v) is 13.0. The molecule has 5 heteroatoms. The number of para-hydroxylation sites is 1. The van der Waals surface area contributed by atoms with Gasteiger partial charge in [-0.2, -0.15) is 0 Å². The van der Waals surface area contributed by atoms with E-state index in [0.717, 1.165) is 5.56 Å². The summed E-state index contributed by atoms with van der Waals surface area (Å²) in [6.45, 7) is 3.65. The molecule has 0 fully saturated rings. The number of hydrogen-bond acceptors (Lipinski definition) is 4. The molecule has 2 aromatic rings. The summed E-state index contributed by atoms with van der Waals surface area (Å²) in [6, 6.07) is 12.6. The third kappa shape index (κ3) is 2.88. The van der Waals surface area contributed by atoms with Gasteiger partial charge < -0.3 is 14.2 Å². The Kier molecular flexibility index (Phi) is 3.71. The Balaban J connectivity index is 1.88. The first-order valence-corrected chi connectivity index (χ1v) is 7.26. The summed E-state index contributed by atoms with van der Waals surface area (Å²) in [7, 11) is 0. The highest BCUT2D eigenvalue weighted by atomic mass is 35.5. The van der Waals surface area contributed by atoms with Crippen LogP contribution in [-0.4, -0.2) is 11.8 Å². The lowest BCUT2D eigenvalue weighted by atomic mass is 10.1. The van der Waals surface area contributed by atoms with Gasteiger partial charge in [-0.25, -0.2) is 4.79 Å². The smallest absolute Gasteiger partial charge is 0.345 e. The molecule has 4 nitrogen and oxygen atoms in total. The van der Waals surface area contributed by atoms with Crippen molar-refractivity contribution >= 4 is 17.6 Å². The van der Waals surface area contributed by atoms with E-state index in [9.17, 15) is 4.79 Å². The molecule has 0 bridgehead atoms. The van der Waals surface area contributed by atoms with Crippen molar-refractivity contribution in [2.24, 2.45) is 0 Å². The highest BCUT2D eigenvalue weighted by Gasteiger charge is 2.35. The van der Waals surface area contributed by atoms with Crippen LogP contribution in [0, 0.1) is 0 Å². The first-order chi connectivity index (χ1) is 10.5. The van der Waals surface area contributed by atoms with Crippen molar-refractivity contribution in [3.63, 3.8) is 0 Å². The Hall–Kier alpha value is -2.20. The molecule has 0 saturated carbocycles. The van der Waals surface area contributed by atoms with Gasteiger partial charge in [-0.05, 0) is 18.2 Å². The van der Waals surface area contributed by atoms with E-state index in [4.69, 9.17) is 25.8 Å². The Morgan fingerprint density at radius 1 is 1.09 bits per heavy atom. The highest BCUT2D eigenvalue weighted by molar-refractivity contribution is 6.31. The lowest BCUT2D eigenvalue weighted by Crippen LogP contribution is -2.39. The molecule has 1 aliphatic rings. The average Bonchev–Trinajstić information content (AvgIpc) is 2.45. The van der Waals surface area contributed by atoms with Crippen LogP contribution in [0.3, 0.4) is 0 Å². The van der Waals surface area contributed by atoms with Crippen molar-refractivity contribution in [3.8, 4) is 11.5 Å². The Labute approximate surface area is 133 Å². The summed E-state index contributed by atoms with van der Waals surface area (Å²) in [5.74, 6) is -0.555. The van der Waals surface area contributed by atoms with Crippen LogP contribution in [0.2, 0.25) is 5.02 Å². The lowest BCUT2D eigenvalue weighted by molar-refractivity contribution is -0.128. The summed E-state index contributed by atoms with van der Waals surface area (Å²) in [5.41, 5.74) is 1.22. The van der Waals surface area contributed by atoms with Gasteiger partial charge in [0.05, 0.1) is 0 Å². The maximum Gasteiger partial charge on any atom is 0.345 e. The topological polar surface area (TPSA) is 44.8 Å². The van der Waals surface area contributed by atoms with Gasteiger partial charge in [0.1, 0.15) is 12.2 Å². The zero-order valence-electron chi connectivity index (χ0n) is 12.3. The standard InChI is InChI=1S/C17H15ClO4/c1-17(2)21-15-12(16(19)22-17)7-5-9-14(15)20-10-11-6-3-4-8-13(11)18/h3-9H,10H2,1-2H3. The van der Waals surface area contributed by atoms with E-state index < -0.39 is 11.8 Å². The molecule has 0 unspecified atom stereocenters. The second-order valence-electron chi connectivity index (χ2n) is 5.40. The van der Waals surface area contributed by atoms with Gasteiger partial charge in [0, 0.05) is 24.4 Å². The zero-order chi connectivity index (χ0) is 15.7. The number of halogens is 1. The van der Waals surface area contributed by atoms with Gasteiger partial charge in [0.15, 0.2) is 11.5 Å². The predicted molar refractivity (Wildman–Crippen MR) is 82.3 cm³/mol. The third-order valence-corrected chi connectivity index (χ3v) is 3.59. The number of benzene rings is 2. The SMILES string of the molecule is CC1(C)OC(=O)c2cccc(OCc3ccccc3Cl)c2O1. The van der Waals surface area contributed by atoms with Gasteiger partial charge >= 0.3 is 5.97 Å². The molecule has 0 aliphatic carbocycles. The molecular formula is C17H15ClO4. The minimum Gasteiger partial charge on any atom is -0.485 e. The number of cyclic esters (lactones) is 1. The van der Waals surface area contributed by atoms with Crippen molar-refractivity contribution in [2.75, 3.05) is 0 Å². The maximum atomic E-state index is 12.0. The number of hydrogen-bond donors (Lipinski definition) is 0. The molecule has 0 aromatic heterocycles. The van der Waals surface area contributed by atoms with Crippen molar-refractivity contribution < 1.29 is 19.0 Å². The molecule has 3 rings (SSSR count). The van der Waals surface area contributed by atoms with Crippen LogP contribution in [0.4, 0.5) is 0 Å². The summed E-state index contributed by atoms with van der Waals surface area (Å²) in [4.78, 5) is 12.0. The molecule has 0 N–H and O–H groups in total. The van der Waals surface area contributed by atoms with Crippen molar-refractivity contribution in [3.05, 3.63) is 58.6 Å². The normalized spacial score (nSPS) is 15.5. The van der Waals surface area contributed by atoms with E-state index in [1.54, 1.807) is 38.1 Å². The summed E-state index contributed by atoms with van der Waals surface area (Å²) < 4.78 is 16.7. The van der Waals surface area contributed by atoms with E-state index in [1.165, 1.54) is 0 Å². The molecule has 0 saturated heterocycles. The fourth-order valence-corrected chi connectivity index (χ4v) is 2.40. The first-order valence-electron chi connectivity index (χ1n) is 6.88. The minimum absolute atomic E-state index is 0.287. The molecule has 22 heavy (non-hydrogen) atoms. The van der Waals surface area contributed by atoms with Crippen LogP contribution in [0.25, 0.3) is 0 Å². The second kappa shape index (κ2) is 5.54. The number of carbonyl (C=O) groups is 1. The van der Waals surface area contributed by atoms with Crippen LogP contribution in [0.5, 0.6) is 11.5 Å². The molecule has 1 aliphatic heterocycles. The van der Waals surface area contributed by atoms with Crippen molar-refractivity contribution in [1.82, 2.24) is 0 Å². The van der Waals surface area contributed by atoms with Crippen molar-refractivity contribution in [2.45, 2.75) is 26.2 Å². The van der Waals surface area contributed by atoms with Crippen LogP contribution < -0.4 is 9.47 Å². The molecule has 114 valence electrons. The van der Waals surface area contributed by atoms with Crippen LogP contribution in [0.15, 0.2) is 42.5 Å². The summed E-state index contributed by atoms with van der Waals surface area (Å²) in [5, 5.41) is 0.632. The van der Waals surface area contributed by atoms with E-state index in [1.807, 2.05) is 18.2 Å². The molecule has 0 atom stereocenters. The Morgan fingerprint density at radius 3 is 2.64 bits per heavy atom. The maximum absolute atomic E-state index is 12.0. The van der Waals surface area contributed by atoms with E-state index in [0.29, 0.717) is 22.1 Å². The summed E-state index contributed by atoms with van der Waals surface area (Å²) in [6.07, 6.45) is 0. The van der Waals surface area contributed by atoms with Gasteiger partial charge in [-0.15, -0.1) is 0 Å². The molecule has 0 spiro atoms. The van der Waals surface area contributed by atoms with Gasteiger partial charge in [-0.3, -0.25) is 0 Å². The van der Waals surface area contributed by atoms with Gasteiger partial charge in [-0.1, -0.05) is 35.9 Å². The van der Waals surface area contributed by atoms with Crippen LogP contribution in [0.1, 0.15) is 29.8 Å². The van der Waals surface area contributed by atoms with Gasteiger partial charge in [0.2, 0.25) is 5.79 Å². The Bertz CT molecular complexity index is 724. The molecular weight excluding hydrogens is 304 g/mol. The van der Waals surface area contributed by atoms with Crippen molar-refractivity contribution in [1.29, 1.82) is 0 Å². The second-order valence-corrected chi connectivity index (χ2v) is 5.81.